The monoisotopic (exact) mass is 503 g/mol. The van der Waals surface area contributed by atoms with E-state index in [1.54, 1.807) is 22.7 Å². The molecular weight excluding hydrogens is 470 g/mol. The molecule has 0 unspecified atom stereocenters. The van der Waals surface area contributed by atoms with E-state index in [1.807, 2.05) is 53.6 Å². The Labute approximate surface area is 216 Å². The van der Waals surface area contributed by atoms with Crippen molar-refractivity contribution in [2.75, 3.05) is 25.1 Å². The quantitative estimate of drug-likeness (QED) is 0.450. The molecule has 0 saturated heterocycles. The van der Waals surface area contributed by atoms with Gasteiger partial charge in [0.05, 0.1) is 22.9 Å². The van der Waals surface area contributed by atoms with E-state index < -0.39 is 0 Å². The van der Waals surface area contributed by atoms with Crippen molar-refractivity contribution in [3.8, 4) is 11.1 Å². The summed E-state index contributed by atoms with van der Waals surface area (Å²) in [6, 6.07) is 11.7. The molecule has 0 atom stereocenters. The van der Waals surface area contributed by atoms with Crippen molar-refractivity contribution in [2.24, 2.45) is 10.7 Å². The Kier molecular flexibility index (Phi) is 8.25. The first-order valence-corrected chi connectivity index (χ1v) is 13.8. The molecule has 4 rings (SSSR count). The van der Waals surface area contributed by atoms with Crippen LogP contribution >= 0.6 is 11.8 Å². The van der Waals surface area contributed by atoms with Crippen LogP contribution in [0.2, 0.25) is 0 Å². The molecule has 1 aromatic heterocycles. The molecule has 188 valence electrons. The van der Waals surface area contributed by atoms with E-state index in [0.29, 0.717) is 35.3 Å². The maximum atomic E-state index is 13.2. The number of amidine groups is 1. The maximum Gasteiger partial charge on any atom is 0.261 e. The second-order valence-corrected chi connectivity index (χ2v) is 9.97. The van der Waals surface area contributed by atoms with E-state index in [-0.39, 0.29) is 11.5 Å². The van der Waals surface area contributed by atoms with Gasteiger partial charge in [-0.1, -0.05) is 32.0 Å². The Bertz CT molecular complexity index is 1390. The third kappa shape index (κ3) is 5.54. The van der Waals surface area contributed by atoms with Crippen LogP contribution in [0.15, 0.2) is 58.1 Å². The van der Waals surface area contributed by atoms with E-state index >= 15 is 0 Å². The summed E-state index contributed by atoms with van der Waals surface area (Å²) in [5.41, 5.74) is 11.0. The van der Waals surface area contributed by atoms with E-state index in [9.17, 15) is 9.59 Å². The van der Waals surface area contributed by atoms with E-state index in [1.165, 1.54) is 0 Å². The smallest absolute Gasteiger partial charge is 0.261 e. The van der Waals surface area contributed by atoms with Crippen molar-refractivity contribution in [1.82, 2.24) is 14.5 Å². The van der Waals surface area contributed by atoms with Gasteiger partial charge in [-0.3, -0.25) is 14.2 Å². The lowest BCUT2D eigenvalue weighted by Crippen LogP contribution is -2.34. The van der Waals surface area contributed by atoms with Gasteiger partial charge in [-0.25, -0.2) is 9.98 Å². The highest BCUT2D eigenvalue weighted by molar-refractivity contribution is 7.98. The number of aromatic nitrogens is 2. The van der Waals surface area contributed by atoms with Crippen LogP contribution in [0.5, 0.6) is 0 Å². The summed E-state index contributed by atoms with van der Waals surface area (Å²) in [5.74, 6) is 1.31. The molecular formula is C28H33N5O2S. The minimum atomic E-state index is -0.0255. The summed E-state index contributed by atoms with van der Waals surface area (Å²) in [6.45, 7) is 6.25. The summed E-state index contributed by atoms with van der Waals surface area (Å²) in [4.78, 5) is 37.1. The van der Waals surface area contributed by atoms with E-state index in [0.717, 1.165) is 54.1 Å². The van der Waals surface area contributed by atoms with Crippen LogP contribution in [-0.2, 0) is 11.3 Å². The van der Waals surface area contributed by atoms with Crippen molar-refractivity contribution in [1.29, 1.82) is 0 Å². The molecule has 0 spiro atoms. The van der Waals surface area contributed by atoms with Crippen molar-refractivity contribution in [3.05, 3.63) is 64.2 Å². The topological polar surface area (TPSA) is 93.6 Å². The maximum absolute atomic E-state index is 13.2. The fourth-order valence-corrected chi connectivity index (χ4v) is 4.83. The van der Waals surface area contributed by atoms with Gasteiger partial charge in [0.1, 0.15) is 5.84 Å². The zero-order valence-corrected chi connectivity index (χ0v) is 22.0. The second kappa shape index (κ2) is 11.6. The molecule has 1 aliphatic rings. The molecule has 1 amide bonds. The standard InChI is InChI=1S/C28H33N5O2S/c1-4-10-32(11-5-2)27(34)22-14-21-7-6-19(15-24(21)31-26(29)17-22)20-8-9-23-25(16-20)30-18-33(28(23)35)12-13-36-3/h6-9,14-16,18H,4-5,10-13,17H2,1-3H3,(H2,29,31). The van der Waals surface area contributed by atoms with Crippen LogP contribution < -0.4 is 11.3 Å². The van der Waals surface area contributed by atoms with Crippen LogP contribution in [0, 0.1) is 0 Å². The molecule has 0 radical (unpaired) electrons. The Morgan fingerprint density at radius 3 is 2.56 bits per heavy atom. The normalized spacial score (nSPS) is 13.1. The van der Waals surface area contributed by atoms with Crippen LogP contribution in [0.4, 0.5) is 5.69 Å². The number of fused-ring (bicyclic) bond motifs is 2. The number of thioether (sulfide) groups is 1. The van der Waals surface area contributed by atoms with Gasteiger partial charge in [0.15, 0.2) is 0 Å². The third-order valence-electron chi connectivity index (χ3n) is 6.24. The first-order valence-electron chi connectivity index (χ1n) is 12.4. The predicted octanol–water partition coefficient (Wildman–Crippen LogP) is 4.85. The summed E-state index contributed by atoms with van der Waals surface area (Å²) in [5, 5.41) is 0.606. The molecule has 0 saturated carbocycles. The average molecular weight is 504 g/mol. The number of hydrogen-bond acceptors (Lipinski definition) is 6. The van der Waals surface area contributed by atoms with Gasteiger partial charge in [-0.15, -0.1) is 0 Å². The fraction of sp³-hybridized carbons (Fsp3) is 0.357. The highest BCUT2D eigenvalue weighted by atomic mass is 32.2. The Morgan fingerprint density at radius 2 is 1.83 bits per heavy atom. The molecule has 0 aliphatic carbocycles. The van der Waals surface area contributed by atoms with Crippen molar-refractivity contribution >= 4 is 46.2 Å². The largest absolute Gasteiger partial charge is 0.387 e. The number of nitrogens with zero attached hydrogens (tertiary/aromatic N) is 4. The number of benzene rings is 2. The van der Waals surface area contributed by atoms with Crippen LogP contribution in [0.3, 0.4) is 0 Å². The second-order valence-electron chi connectivity index (χ2n) is 8.98. The van der Waals surface area contributed by atoms with Gasteiger partial charge in [0.25, 0.3) is 5.56 Å². The number of amides is 1. The highest BCUT2D eigenvalue weighted by Gasteiger charge is 2.21. The van der Waals surface area contributed by atoms with Gasteiger partial charge < -0.3 is 10.6 Å². The molecule has 2 heterocycles. The molecule has 7 nitrogen and oxygen atoms in total. The van der Waals surface area contributed by atoms with Crippen molar-refractivity contribution in [3.63, 3.8) is 0 Å². The van der Waals surface area contributed by atoms with Crippen LogP contribution in [0.25, 0.3) is 28.1 Å². The van der Waals surface area contributed by atoms with Crippen LogP contribution in [-0.4, -0.2) is 51.3 Å². The molecule has 0 bridgehead atoms. The lowest BCUT2D eigenvalue weighted by atomic mass is 10.00. The number of nitrogens with two attached hydrogens (primary N) is 1. The van der Waals surface area contributed by atoms with E-state index in [2.05, 4.69) is 23.8 Å². The van der Waals surface area contributed by atoms with Gasteiger partial charge in [0, 0.05) is 42.9 Å². The molecule has 2 N–H and O–H groups in total. The first kappa shape index (κ1) is 25.7. The summed E-state index contributed by atoms with van der Waals surface area (Å²) in [6.07, 6.45) is 7.71. The molecule has 3 aromatic rings. The number of rotatable bonds is 9. The summed E-state index contributed by atoms with van der Waals surface area (Å²) < 4.78 is 1.66. The number of hydrogen-bond donors (Lipinski definition) is 1. The highest BCUT2D eigenvalue weighted by Crippen LogP contribution is 2.32. The lowest BCUT2D eigenvalue weighted by molar-refractivity contribution is -0.127. The Balaban J connectivity index is 1.68. The average Bonchev–Trinajstić information content (AvgIpc) is 3.05. The number of aryl methyl sites for hydroxylation is 1. The molecule has 1 aliphatic heterocycles. The molecule has 8 heteroatoms. The van der Waals surface area contributed by atoms with Crippen molar-refractivity contribution < 1.29 is 4.79 Å². The zero-order chi connectivity index (χ0) is 25.7. The third-order valence-corrected chi connectivity index (χ3v) is 6.83. The molecule has 36 heavy (non-hydrogen) atoms. The minimum absolute atomic E-state index is 0.0255. The van der Waals surface area contributed by atoms with Crippen molar-refractivity contribution in [2.45, 2.75) is 39.7 Å². The Hall–Kier alpha value is -3.39. The van der Waals surface area contributed by atoms with Gasteiger partial charge >= 0.3 is 0 Å². The predicted molar refractivity (Wildman–Crippen MR) is 151 cm³/mol. The number of carbonyl (C=O) groups is 1. The summed E-state index contributed by atoms with van der Waals surface area (Å²) >= 11 is 1.70. The molecule has 2 aromatic carbocycles. The lowest BCUT2D eigenvalue weighted by Gasteiger charge is -2.22. The minimum Gasteiger partial charge on any atom is -0.387 e. The first-order chi connectivity index (χ1) is 17.4. The number of carbonyl (C=O) groups excluding carboxylic acids is 1. The zero-order valence-electron chi connectivity index (χ0n) is 21.2. The van der Waals surface area contributed by atoms with E-state index in [4.69, 9.17) is 5.73 Å². The van der Waals surface area contributed by atoms with Gasteiger partial charge in [-0.2, -0.15) is 11.8 Å². The Morgan fingerprint density at radius 1 is 1.11 bits per heavy atom. The van der Waals surface area contributed by atoms with Gasteiger partial charge in [0.2, 0.25) is 5.91 Å². The SMILES string of the molecule is CCCN(CCC)C(=O)C1=Cc2ccc(-c3ccc4c(=O)n(CCSC)cnc4c3)cc2N=C(N)C1. The number of aliphatic imine (C=N–C) groups is 1. The summed E-state index contributed by atoms with van der Waals surface area (Å²) in [7, 11) is 0. The van der Waals surface area contributed by atoms with Crippen LogP contribution in [0.1, 0.15) is 38.7 Å². The fourth-order valence-electron chi connectivity index (χ4n) is 4.45. The molecule has 0 fully saturated rings. The van der Waals surface area contributed by atoms with Gasteiger partial charge in [-0.05, 0) is 54.5 Å².